The maximum atomic E-state index is 14.0. The van der Waals surface area contributed by atoms with Crippen molar-refractivity contribution in [2.45, 2.75) is 38.1 Å². The summed E-state index contributed by atoms with van der Waals surface area (Å²) in [6.45, 7) is 1.81. The highest BCUT2D eigenvalue weighted by molar-refractivity contribution is 9.10. The molecule has 6 heteroatoms. The van der Waals surface area contributed by atoms with Crippen LogP contribution in [0.25, 0.3) is 0 Å². The van der Waals surface area contributed by atoms with Crippen molar-refractivity contribution in [2.24, 2.45) is 5.92 Å². The highest BCUT2D eigenvalue weighted by atomic mass is 79.9. The molecule has 2 unspecified atom stereocenters. The number of carboxylic acids is 1. The van der Waals surface area contributed by atoms with Crippen LogP contribution in [0.15, 0.2) is 22.7 Å². The van der Waals surface area contributed by atoms with Crippen molar-refractivity contribution in [3.8, 4) is 0 Å². The van der Waals surface area contributed by atoms with E-state index < -0.39 is 23.2 Å². The Kier molecular flexibility index (Phi) is 4.66. The van der Waals surface area contributed by atoms with E-state index in [0.29, 0.717) is 6.42 Å². The van der Waals surface area contributed by atoms with Gasteiger partial charge in [-0.15, -0.1) is 0 Å². The van der Waals surface area contributed by atoms with Crippen LogP contribution >= 0.6 is 15.9 Å². The molecule has 2 rings (SSSR count). The molecule has 21 heavy (non-hydrogen) atoms. The van der Waals surface area contributed by atoms with Crippen molar-refractivity contribution in [1.29, 1.82) is 0 Å². The summed E-state index contributed by atoms with van der Waals surface area (Å²) in [5.41, 5.74) is -1.47. The van der Waals surface area contributed by atoms with Crippen LogP contribution in [0.2, 0.25) is 0 Å². The maximum Gasteiger partial charge on any atom is 0.329 e. The molecule has 1 aromatic rings. The van der Waals surface area contributed by atoms with Crippen LogP contribution < -0.4 is 5.32 Å². The van der Waals surface area contributed by atoms with Gasteiger partial charge >= 0.3 is 5.97 Å². The lowest BCUT2D eigenvalue weighted by atomic mass is 9.73. The highest BCUT2D eigenvalue weighted by Gasteiger charge is 2.46. The Morgan fingerprint density at radius 2 is 2.14 bits per heavy atom. The maximum absolute atomic E-state index is 14.0. The average Bonchev–Trinajstić information content (AvgIpc) is 2.44. The Bertz CT molecular complexity index is 578. The van der Waals surface area contributed by atoms with Crippen LogP contribution in [-0.4, -0.2) is 22.5 Å². The molecular formula is C15H17BrFNO3. The van der Waals surface area contributed by atoms with Crippen LogP contribution in [0.1, 0.15) is 43.0 Å². The number of carboxylic acid groups (broad SMARTS) is 1. The number of amides is 1. The van der Waals surface area contributed by atoms with Crippen LogP contribution in [0.3, 0.4) is 0 Å². The van der Waals surface area contributed by atoms with Gasteiger partial charge in [0, 0.05) is 0 Å². The zero-order chi connectivity index (χ0) is 15.6. The molecule has 1 saturated carbocycles. The number of halogens is 2. The van der Waals surface area contributed by atoms with Gasteiger partial charge in [-0.05, 0) is 46.8 Å². The van der Waals surface area contributed by atoms with E-state index in [1.54, 1.807) is 6.07 Å². The van der Waals surface area contributed by atoms with E-state index in [4.69, 9.17) is 0 Å². The van der Waals surface area contributed by atoms with Gasteiger partial charge < -0.3 is 10.4 Å². The van der Waals surface area contributed by atoms with E-state index in [9.17, 15) is 19.1 Å². The Morgan fingerprint density at radius 3 is 2.76 bits per heavy atom. The lowest BCUT2D eigenvalue weighted by Crippen LogP contribution is -2.60. The first-order valence-electron chi connectivity index (χ1n) is 6.88. The van der Waals surface area contributed by atoms with Crippen molar-refractivity contribution in [3.63, 3.8) is 0 Å². The third kappa shape index (κ3) is 2.95. The van der Waals surface area contributed by atoms with E-state index in [2.05, 4.69) is 21.2 Å². The largest absolute Gasteiger partial charge is 0.479 e. The predicted octanol–water partition coefficient (Wildman–Crippen LogP) is 3.35. The lowest BCUT2D eigenvalue weighted by Gasteiger charge is -2.39. The number of carbonyl (C=O) groups excluding carboxylic acids is 1. The zero-order valence-electron chi connectivity index (χ0n) is 11.7. The van der Waals surface area contributed by atoms with E-state index in [0.717, 1.165) is 19.3 Å². The van der Waals surface area contributed by atoms with E-state index in [1.807, 2.05) is 6.92 Å². The van der Waals surface area contributed by atoms with Crippen LogP contribution in [0.5, 0.6) is 0 Å². The Labute approximate surface area is 130 Å². The van der Waals surface area contributed by atoms with Gasteiger partial charge in [-0.1, -0.05) is 25.8 Å². The summed E-state index contributed by atoms with van der Waals surface area (Å²) in [6, 6.07) is 4.38. The highest BCUT2D eigenvalue weighted by Crippen LogP contribution is 2.34. The Hall–Kier alpha value is -1.43. The van der Waals surface area contributed by atoms with E-state index in [-0.39, 0.29) is 16.0 Å². The molecule has 0 aliphatic heterocycles. The predicted molar refractivity (Wildman–Crippen MR) is 79.6 cm³/mol. The first kappa shape index (κ1) is 15.9. The summed E-state index contributed by atoms with van der Waals surface area (Å²) in [4.78, 5) is 24.0. The molecule has 0 saturated heterocycles. The first-order valence-corrected chi connectivity index (χ1v) is 7.67. The monoisotopic (exact) mass is 357 g/mol. The van der Waals surface area contributed by atoms with Crippen molar-refractivity contribution >= 4 is 27.8 Å². The van der Waals surface area contributed by atoms with Crippen LogP contribution in [0.4, 0.5) is 4.39 Å². The Balaban J connectivity index is 2.31. The standard InChI is InChI=1S/C15H17BrFNO3/c1-9-5-2-3-8-15(9,14(20)21)18-13(19)10-6-4-7-11(16)12(10)17/h4,6-7,9H,2-3,5,8H2,1H3,(H,18,19)(H,20,21). The van der Waals surface area contributed by atoms with Gasteiger partial charge in [0.25, 0.3) is 5.91 Å². The molecule has 0 heterocycles. The fraction of sp³-hybridized carbons (Fsp3) is 0.467. The SMILES string of the molecule is CC1CCCCC1(NC(=O)c1cccc(Br)c1F)C(=O)O. The van der Waals surface area contributed by atoms with Crippen LogP contribution in [-0.2, 0) is 4.79 Å². The number of benzene rings is 1. The van der Waals surface area contributed by atoms with Crippen LogP contribution in [0, 0.1) is 11.7 Å². The summed E-state index contributed by atoms with van der Waals surface area (Å²) < 4.78 is 14.2. The fourth-order valence-electron chi connectivity index (χ4n) is 2.85. The van der Waals surface area contributed by atoms with Gasteiger partial charge in [0.2, 0.25) is 0 Å². The molecule has 0 aromatic heterocycles. The third-order valence-corrected chi connectivity index (χ3v) is 4.83. The number of hydrogen-bond acceptors (Lipinski definition) is 2. The smallest absolute Gasteiger partial charge is 0.329 e. The molecule has 0 bridgehead atoms. The molecular weight excluding hydrogens is 341 g/mol. The van der Waals surface area contributed by atoms with E-state index in [1.165, 1.54) is 12.1 Å². The fourth-order valence-corrected chi connectivity index (χ4v) is 3.22. The van der Waals surface area contributed by atoms with Crippen molar-refractivity contribution < 1.29 is 19.1 Å². The minimum Gasteiger partial charge on any atom is -0.479 e. The third-order valence-electron chi connectivity index (χ3n) is 4.21. The van der Waals surface area contributed by atoms with Gasteiger partial charge in [0.15, 0.2) is 0 Å². The summed E-state index contributed by atoms with van der Waals surface area (Å²) in [6.07, 6.45) is 2.77. The number of carbonyl (C=O) groups is 2. The minimum atomic E-state index is -1.32. The van der Waals surface area contributed by atoms with E-state index >= 15 is 0 Å². The molecule has 1 aliphatic rings. The number of aliphatic carboxylic acids is 1. The van der Waals surface area contributed by atoms with Gasteiger partial charge in [-0.25, -0.2) is 9.18 Å². The average molecular weight is 358 g/mol. The summed E-state index contributed by atoms with van der Waals surface area (Å²) in [5.74, 6) is -2.62. The zero-order valence-corrected chi connectivity index (χ0v) is 13.2. The summed E-state index contributed by atoms with van der Waals surface area (Å²) in [5, 5.41) is 12.1. The molecule has 1 aliphatic carbocycles. The minimum absolute atomic E-state index is 0.150. The normalized spacial score (nSPS) is 25.4. The summed E-state index contributed by atoms with van der Waals surface area (Å²) >= 11 is 3.02. The molecule has 0 spiro atoms. The van der Waals surface area contributed by atoms with Gasteiger partial charge in [0.05, 0.1) is 10.0 Å². The second-order valence-corrected chi connectivity index (χ2v) is 6.33. The van der Waals surface area contributed by atoms with Gasteiger partial charge in [0.1, 0.15) is 11.4 Å². The molecule has 0 radical (unpaired) electrons. The quantitative estimate of drug-likeness (QED) is 0.871. The van der Waals surface area contributed by atoms with Crippen molar-refractivity contribution in [3.05, 3.63) is 34.1 Å². The topological polar surface area (TPSA) is 66.4 Å². The second kappa shape index (κ2) is 6.13. The molecule has 1 aromatic carbocycles. The van der Waals surface area contributed by atoms with Gasteiger partial charge in [-0.3, -0.25) is 4.79 Å². The molecule has 2 atom stereocenters. The second-order valence-electron chi connectivity index (χ2n) is 5.48. The number of rotatable bonds is 3. The number of hydrogen-bond donors (Lipinski definition) is 2. The lowest BCUT2D eigenvalue weighted by molar-refractivity contribution is -0.148. The molecule has 4 nitrogen and oxygen atoms in total. The van der Waals surface area contributed by atoms with Crippen molar-refractivity contribution in [2.75, 3.05) is 0 Å². The van der Waals surface area contributed by atoms with Gasteiger partial charge in [-0.2, -0.15) is 0 Å². The molecule has 2 N–H and O–H groups in total. The molecule has 114 valence electrons. The Morgan fingerprint density at radius 1 is 1.43 bits per heavy atom. The molecule has 1 amide bonds. The van der Waals surface area contributed by atoms with Crippen molar-refractivity contribution in [1.82, 2.24) is 5.32 Å². The first-order chi connectivity index (χ1) is 9.88. The number of nitrogens with one attached hydrogen (secondary N) is 1. The molecule has 1 fully saturated rings. The summed E-state index contributed by atoms with van der Waals surface area (Å²) in [7, 11) is 0.